The van der Waals surface area contributed by atoms with Crippen LogP contribution in [0.4, 0.5) is 0 Å². The minimum absolute atomic E-state index is 0.131. The molecule has 23 heavy (non-hydrogen) atoms. The van der Waals surface area contributed by atoms with E-state index in [1.807, 2.05) is 0 Å². The summed E-state index contributed by atoms with van der Waals surface area (Å²) in [4.78, 5) is 9.95. The van der Waals surface area contributed by atoms with Gasteiger partial charge in [-0.05, 0) is 25.3 Å². The first kappa shape index (κ1) is 20.4. The van der Waals surface area contributed by atoms with E-state index < -0.39 is 0 Å². The van der Waals surface area contributed by atoms with Crippen LogP contribution in [0, 0.1) is 4.91 Å². The second-order valence-corrected chi connectivity index (χ2v) is 6.46. The molecule has 0 saturated carbocycles. The molecule has 0 N–H and O–H groups in total. The molecule has 1 aromatic rings. The Morgan fingerprint density at radius 1 is 1.04 bits per heavy atom. The molecule has 8 heteroatoms. The van der Waals surface area contributed by atoms with Gasteiger partial charge < -0.3 is 9.47 Å². The normalized spacial score (nSPS) is 10.3. The highest BCUT2D eigenvalue weighted by Gasteiger charge is 2.10. The average Bonchev–Trinajstić information content (AvgIpc) is 2.48. The van der Waals surface area contributed by atoms with Crippen molar-refractivity contribution in [2.75, 3.05) is 19.8 Å². The van der Waals surface area contributed by atoms with Crippen LogP contribution in [0.3, 0.4) is 0 Å². The van der Waals surface area contributed by atoms with Crippen LogP contribution < -0.4 is 9.47 Å². The molecule has 0 heterocycles. The third kappa shape index (κ3) is 8.66. The van der Waals surface area contributed by atoms with E-state index in [1.165, 1.54) is 6.08 Å². The van der Waals surface area contributed by atoms with Crippen molar-refractivity contribution in [3.05, 3.63) is 37.7 Å². The first-order chi connectivity index (χ1) is 11.0. The molecule has 128 valence electrons. The summed E-state index contributed by atoms with van der Waals surface area (Å²) in [6.45, 7) is 1.08. The van der Waals surface area contributed by atoms with Crippen LogP contribution in [0.25, 0.3) is 0 Å². The Kier molecular flexibility index (Phi) is 10.4. The maximum absolute atomic E-state index is 9.95. The molecule has 0 aliphatic rings. The Bertz CT molecular complexity index is 510. The Morgan fingerprint density at radius 2 is 1.70 bits per heavy atom. The van der Waals surface area contributed by atoms with Gasteiger partial charge in [0.15, 0.2) is 5.75 Å². The lowest BCUT2D eigenvalue weighted by Gasteiger charge is -2.12. The molecule has 0 aliphatic heterocycles. The van der Waals surface area contributed by atoms with Gasteiger partial charge in [-0.25, -0.2) is 0 Å². The number of unbranched alkanes of at least 4 members (excludes halogenated alkanes) is 3. The number of benzene rings is 1. The van der Waals surface area contributed by atoms with Crippen molar-refractivity contribution in [1.29, 1.82) is 0 Å². The quantitative estimate of drug-likeness (QED) is 0.319. The number of hydrogen-bond acceptors (Lipinski definition) is 4. The minimum atomic E-state index is 0.131. The zero-order chi connectivity index (χ0) is 17.1. The van der Waals surface area contributed by atoms with Gasteiger partial charge in [-0.3, -0.25) is 0 Å². The van der Waals surface area contributed by atoms with Crippen LogP contribution in [0.2, 0.25) is 10.0 Å². The molecule has 0 spiro atoms. The fourth-order valence-electron chi connectivity index (χ4n) is 1.76. The Labute approximate surface area is 155 Å². The monoisotopic (exact) mass is 399 g/mol. The summed E-state index contributed by atoms with van der Waals surface area (Å²) in [6, 6.07) is 3.24. The van der Waals surface area contributed by atoms with Crippen LogP contribution >= 0.6 is 46.4 Å². The topological polar surface area (TPSA) is 47.9 Å². The zero-order valence-electron chi connectivity index (χ0n) is 12.4. The summed E-state index contributed by atoms with van der Waals surface area (Å²) in [5.74, 6) is 0.931. The maximum Gasteiger partial charge on any atom is 0.156 e. The van der Waals surface area contributed by atoms with Crippen molar-refractivity contribution in [3.8, 4) is 11.5 Å². The van der Waals surface area contributed by atoms with E-state index in [4.69, 9.17) is 55.9 Å². The summed E-state index contributed by atoms with van der Waals surface area (Å²) in [6.07, 6.45) is 5.06. The van der Waals surface area contributed by atoms with E-state index in [0.717, 1.165) is 25.7 Å². The number of ether oxygens (including phenoxy) is 2. The van der Waals surface area contributed by atoms with E-state index in [9.17, 15) is 4.91 Å². The van der Waals surface area contributed by atoms with Crippen molar-refractivity contribution < 1.29 is 9.47 Å². The molecule has 4 nitrogen and oxygen atoms in total. The maximum atomic E-state index is 9.95. The molecule has 0 bridgehead atoms. The van der Waals surface area contributed by atoms with Crippen LogP contribution in [0.15, 0.2) is 27.9 Å². The van der Waals surface area contributed by atoms with E-state index in [-0.39, 0.29) is 11.1 Å². The van der Waals surface area contributed by atoms with E-state index >= 15 is 0 Å². The van der Waals surface area contributed by atoms with E-state index in [0.29, 0.717) is 34.7 Å². The molecule has 1 aromatic carbocycles. The van der Waals surface area contributed by atoms with Crippen molar-refractivity contribution in [2.24, 2.45) is 5.18 Å². The third-order valence-corrected chi connectivity index (χ3v) is 3.72. The largest absolute Gasteiger partial charge is 0.490 e. The van der Waals surface area contributed by atoms with Gasteiger partial charge in [0.25, 0.3) is 0 Å². The fraction of sp³-hybridized carbons (Fsp3) is 0.467. The third-order valence-electron chi connectivity index (χ3n) is 2.85. The number of nitroso groups, excluding NO2 is 1. The van der Waals surface area contributed by atoms with Gasteiger partial charge in [0.1, 0.15) is 16.8 Å². The van der Waals surface area contributed by atoms with Gasteiger partial charge in [-0.1, -0.05) is 58.0 Å². The summed E-state index contributed by atoms with van der Waals surface area (Å²) in [7, 11) is 0. The highest BCUT2D eigenvalue weighted by Crippen LogP contribution is 2.37. The van der Waals surface area contributed by atoms with Gasteiger partial charge in [0, 0.05) is 12.1 Å². The molecular weight excluding hydrogens is 384 g/mol. The lowest BCUT2D eigenvalue weighted by atomic mass is 10.2. The molecule has 0 radical (unpaired) electrons. The molecule has 0 aliphatic carbocycles. The molecule has 0 saturated heterocycles. The van der Waals surface area contributed by atoms with Crippen LogP contribution in [-0.2, 0) is 0 Å². The molecule has 0 amide bonds. The van der Waals surface area contributed by atoms with Crippen molar-refractivity contribution in [1.82, 2.24) is 0 Å². The number of nitrogens with zero attached hydrogens (tertiary/aromatic N) is 1. The molecule has 0 atom stereocenters. The smallest absolute Gasteiger partial charge is 0.156 e. The van der Waals surface area contributed by atoms with Crippen LogP contribution in [-0.4, -0.2) is 19.8 Å². The molecule has 1 rings (SSSR count). The summed E-state index contributed by atoms with van der Waals surface area (Å²) in [5, 5.41) is 3.56. The minimum Gasteiger partial charge on any atom is -0.490 e. The van der Waals surface area contributed by atoms with Gasteiger partial charge in [0.2, 0.25) is 0 Å². The van der Waals surface area contributed by atoms with Crippen LogP contribution in [0.5, 0.6) is 11.5 Å². The highest BCUT2D eigenvalue weighted by atomic mass is 35.5. The van der Waals surface area contributed by atoms with Crippen molar-refractivity contribution in [3.63, 3.8) is 0 Å². The van der Waals surface area contributed by atoms with E-state index in [2.05, 4.69) is 5.18 Å². The average molecular weight is 401 g/mol. The summed E-state index contributed by atoms with van der Waals surface area (Å²) < 4.78 is 11.2. The molecular formula is C15H17Cl4NO3. The van der Waals surface area contributed by atoms with Crippen LogP contribution in [0.1, 0.15) is 25.7 Å². The van der Waals surface area contributed by atoms with Crippen molar-refractivity contribution in [2.45, 2.75) is 25.7 Å². The Morgan fingerprint density at radius 3 is 2.30 bits per heavy atom. The lowest BCUT2D eigenvalue weighted by molar-refractivity contribution is 0.304. The standard InChI is InChI=1S/C15H17Cl4NO3/c16-12-9-11(22-8-5-14(18)19)10-13(17)15(12)23-7-4-2-1-3-6-20-21/h5,9-10H,1-4,6-8H2. The van der Waals surface area contributed by atoms with Gasteiger partial charge in [-0.2, -0.15) is 4.91 Å². The van der Waals surface area contributed by atoms with E-state index in [1.54, 1.807) is 12.1 Å². The Hall–Kier alpha value is -0.680. The van der Waals surface area contributed by atoms with Crippen molar-refractivity contribution >= 4 is 46.4 Å². The first-order valence-electron chi connectivity index (χ1n) is 7.09. The number of hydrogen-bond donors (Lipinski definition) is 0. The number of halogens is 4. The SMILES string of the molecule is O=NCCCCCCOc1c(Cl)cc(OCC=C(Cl)Cl)cc1Cl. The summed E-state index contributed by atoms with van der Waals surface area (Å²) in [5.41, 5.74) is 0. The second kappa shape index (κ2) is 11.8. The molecule has 0 unspecified atom stereocenters. The van der Waals surface area contributed by atoms with Gasteiger partial charge in [0.05, 0.1) is 23.2 Å². The molecule has 0 aromatic heterocycles. The van der Waals surface area contributed by atoms with Gasteiger partial charge in [-0.15, -0.1) is 0 Å². The highest BCUT2D eigenvalue weighted by molar-refractivity contribution is 6.55. The lowest BCUT2D eigenvalue weighted by Crippen LogP contribution is -2.00. The van der Waals surface area contributed by atoms with Gasteiger partial charge >= 0.3 is 0 Å². The first-order valence-corrected chi connectivity index (χ1v) is 8.60. The fourth-order valence-corrected chi connectivity index (χ4v) is 2.47. The number of rotatable bonds is 11. The summed E-state index contributed by atoms with van der Waals surface area (Å²) >= 11 is 23.3. The Balaban J connectivity index is 2.44. The predicted octanol–water partition coefficient (Wildman–Crippen LogP) is 6.40. The molecule has 0 fully saturated rings. The zero-order valence-corrected chi connectivity index (χ0v) is 15.4. The predicted molar refractivity (Wildman–Crippen MR) is 96.4 cm³/mol. The second-order valence-electron chi connectivity index (χ2n) is 4.64.